The van der Waals surface area contributed by atoms with Crippen LogP contribution in [0.2, 0.25) is 0 Å². The fourth-order valence-corrected chi connectivity index (χ4v) is 2.79. The third-order valence-corrected chi connectivity index (χ3v) is 4.10. The molecule has 0 aliphatic carbocycles. The van der Waals surface area contributed by atoms with Crippen LogP contribution in [-0.2, 0) is 11.3 Å². The van der Waals surface area contributed by atoms with E-state index in [0.29, 0.717) is 46.9 Å². The first-order valence-corrected chi connectivity index (χ1v) is 8.20. The van der Waals surface area contributed by atoms with Crippen LogP contribution in [-0.4, -0.2) is 46.2 Å². The number of ether oxygens (including phenoxy) is 1. The lowest BCUT2D eigenvalue weighted by atomic mass is 10.1. The highest BCUT2D eigenvalue weighted by molar-refractivity contribution is 5.96. The van der Waals surface area contributed by atoms with Crippen molar-refractivity contribution in [3.05, 3.63) is 57.5 Å². The average molecular weight is 356 g/mol. The topological polar surface area (TPSA) is 101 Å². The predicted octanol–water partition coefficient (Wildman–Crippen LogP) is 1.82. The van der Waals surface area contributed by atoms with Crippen molar-refractivity contribution in [2.75, 3.05) is 20.3 Å². The minimum Gasteiger partial charge on any atom is -0.383 e. The van der Waals surface area contributed by atoms with E-state index >= 15 is 0 Å². The molecule has 3 rings (SSSR count). The summed E-state index contributed by atoms with van der Waals surface area (Å²) < 4.78 is 10.2. The van der Waals surface area contributed by atoms with Gasteiger partial charge in [-0.15, -0.1) is 0 Å². The molecule has 1 amide bonds. The summed E-state index contributed by atoms with van der Waals surface area (Å²) in [6.07, 6.45) is 0. The van der Waals surface area contributed by atoms with Gasteiger partial charge in [-0.05, 0) is 26.0 Å². The second kappa shape index (κ2) is 7.49. The van der Waals surface area contributed by atoms with Crippen molar-refractivity contribution in [2.24, 2.45) is 0 Å². The molecule has 0 unspecified atom stereocenters. The Morgan fingerprint density at radius 3 is 2.77 bits per heavy atom. The van der Waals surface area contributed by atoms with Crippen LogP contribution in [0.3, 0.4) is 0 Å². The lowest BCUT2D eigenvalue weighted by molar-refractivity contribution is 0.0673. The highest BCUT2D eigenvalue weighted by Gasteiger charge is 2.24. The third-order valence-electron chi connectivity index (χ3n) is 4.10. The van der Waals surface area contributed by atoms with Crippen molar-refractivity contribution in [1.29, 1.82) is 0 Å². The number of aryl methyl sites for hydroxylation is 2. The molecule has 1 aromatic carbocycles. The Balaban J connectivity index is 1.94. The van der Waals surface area contributed by atoms with Crippen molar-refractivity contribution >= 4 is 16.8 Å². The molecule has 0 aliphatic rings. The third kappa shape index (κ3) is 3.50. The van der Waals surface area contributed by atoms with E-state index in [9.17, 15) is 9.59 Å². The maximum atomic E-state index is 13.0. The molecule has 0 saturated carbocycles. The summed E-state index contributed by atoms with van der Waals surface area (Å²) in [5, 5.41) is 4.35. The first-order chi connectivity index (χ1) is 12.5. The number of rotatable bonds is 6. The monoisotopic (exact) mass is 356 g/mol. The van der Waals surface area contributed by atoms with E-state index in [1.54, 1.807) is 44.1 Å². The van der Waals surface area contributed by atoms with Gasteiger partial charge in [0.05, 0.1) is 29.7 Å². The van der Waals surface area contributed by atoms with Gasteiger partial charge in [0.25, 0.3) is 11.5 Å². The molecular weight excluding hydrogens is 336 g/mol. The van der Waals surface area contributed by atoms with Crippen LogP contribution in [0.5, 0.6) is 0 Å². The zero-order valence-corrected chi connectivity index (χ0v) is 14.9. The summed E-state index contributed by atoms with van der Waals surface area (Å²) in [4.78, 5) is 34.0. The summed E-state index contributed by atoms with van der Waals surface area (Å²) in [6.45, 7) is 4.25. The Bertz CT molecular complexity index is 973. The largest absolute Gasteiger partial charge is 0.383 e. The number of methoxy groups -OCH3 is 1. The number of benzene rings is 1. The predicted molar refractivity (Wildman–Crippen MR) is 95.0 cm³/mol. The van der Waals surface area contributed by atoms with E-state index in [1.165, 1.54) is 0 Å². The average Bonchev–Trinajstić information content (AvgIpc) is 2.96. The summed E-state index contributed by atoms with van der Waals surface area (Å²) in [6, 6.07) is 7.08. The second-order valence-corrected chi connectivity index (χ2v) is 5.95. The normalized spacial score (nSPS) is 11.0. The van der Waals surface area contributed by atoms with Gasteiger partial charge in [-0.3, -0.25) is 9.59 Å². The summed E-state index contributed by atoms with van der Waals surface area (Å²) in [5.74, 6) is 0.619. The number of hydrogen-bond acceptors (Lipinski definition) is 6. The number of carbonyl (C=O) groups is 1. The van der Waals surface area contributed by atoms with Gasteiger partial charge in [-0.1, -0.05) is 17.3 Å². The number of hydrogen-bond donors (Lipinski definition) is 1. The molecule has 8 heteroatoms. The highest BCUT2D eigenvalue weighted by atomic mass is 16.5. The zero-order valence-electron chi connectivity index (χ0n) is 14.9. The van der Waals surface area contributed by atoms with Crippen LogP contribution in [0.25, 0.3) is 10.9 Å². The summed E-state index contributed by atoms with van der Waals surface area (Å²) in [5.41, 5.74) is 1.30. The number of aromatic amines is 1. The van der Waals surface area contributed by atoms with Gasteiger partial charge in [-0.2, -0.15) is 0 Å². The van der Waals surface area contributed by atoms with Gasteiger partial charge >= 0.3 is 0 Å². The summed E-state index contributed by atoms with van der Waals surface area (Å²) in [7, 11) is 1.56. The maximum Gasteiger partial charge on any atom is 0.259 e. The molecule has 1 N–H and O–H groups in total. The Morgan fingerprint density at radius 1 is 1.31 bits per heavy atom. The van der Waals surface area contributed by atoms with E-state index < -0.39 is 0 Å². The number of fused-ring (bicyclic) bond motifs is 1. The molecule has 26 heavy (non-hydrogen) atoms. The quantitative estimate of drug-likeness (QED) is 0.723. The van der Waals surface area contributed by atoms with Crippen molar-refractivity contribution in [1.82, 2.24) is 20.0 Å². The number of amides is 1. The minimum atomic E-state index is -0.242. The number of aromatic nitrogens is 3. The molecule has 0 aliphatic heterocycles. The van der Waals surface area contributed by atoms with Crippen LogP contribution in [0.4, 0.5) is 0 Å². The van der Waals surface area contributed by atoms with E-state index in [4.69, 9.17) is 9.26 Å². The number of para-hydroxylation sites is 1. The molecule has 2 heterocycles. The molecule has 0 spiro atoms. The molecule has 0 atom stereocenters. The van der Waals surface area contributed by atoms with Gasteiger partial charge in [0.15, 0.2) is 0 Å². The molecule has 0 saturated heterocycles. The van der Waals surface area contributed by atoms with E-state index in [-0.39, 0.29) is 18.0 Å². The zero-order chi connectivity index (χ0) is 18.7. The van der Waals surface area contributed by atoms with Gasteiger partial charge in [-0.25, -0.2) is 4.98 Å². The minimum absolute atomic E-state index is 0.145. The number of nitrogens with one attached hydrogen (secondary N) is 1. The van der Waals surface area contributed by atoms with Gasteiger partial charge in [0.1, 0.15) is 17.1 Å². The van der Waals surface area contributed by atoms with Gasteiger partial charge in [0.2, 0.25) is 0 Å². The Morgan fingerprint density at radius 2 is 2.08 bits per heavy atom. The van der Waals surface area contributed by atoms with Crippen LogP contribution in [0, 0.1) is 13.8 Å². The Labute approximate surface area is 149 Å². The second-order valence-electron chi connectivity index (χ2n) is 5.95. The number of H-pyrrole nitrogens is 1. The first kappa shape index (κ1) is 17.8. The van der Waals surface area contributed by atoms with Crippen molar-refractivity contribution in [2.45, 2.75) is 20.4 Å². The maximum absolute atomic E-state index is 13.0. The number of nitrogens with zero attached hydrogens (tertiary/aromatic N) is 3. The molecular formula is C18H20N4O4. The molecule has 0 bridgehead atoms. The Kier molecular flexibility index (Phi) is 5.13. The van der Waals surface area contributed by atoms with E-state index in [0.717, 1.165) is 0 Å². The lowest BCUT2D eigenvalue weighted by Gasteiger charge is -2.21. The molecule has 8 nitrogen and oxygen atoms in total. The van der Waals surface area contributed by atoms with Crippen LogP contribution < -0.4 is 5.56 Å². The summed E-state index contributed by atoms with van der Waals surface area (Å²) >= 11 is 0. The van der Waals surface area contributed by atoms with Crippen LogP contribution in [0.15, 0.2) is 33.6 Å². The van der Waals surface area contributed by atoms with Gasteiger partial charge < -0.3 is 19.1 Å². The SMILES string of the molecule is COCCN(Cc1nc2ccccc2c(=O)[nH]1)C(=O)c1c(C)noc1C. The number of carbonyl (C=O) groups excluding carboxylic acids is 1. The molecule has 0 fully saturated rings. The molecule has 3 aromatic rings. The molecule has 0 radical (unpaired) electrons. The first-order valence-electron chi connectivity index (χ1n) is 8.20. The van der Waals surface area contributed by atoms with Crippen molar-refractivity contribution in [3.8, 4) is 0 Å². The van der Waals surface area contributed by atoms with Crippen molar-refractivity contribution < 1.29 is 14.1 Å². The smallest absolute Gasteiger partial charge is 0.259 e. The van der Waals surface area contributed by atoms with Gasteiger partial charge in [0, 0.05) is 13.7 Å². The van der Waals surface area contributed by atoms with Crippen LogP contribution in [0.1, 0.15) is 27.6 Å². The lowest BCUT2D eigenvalue weighted by Crippen LogP contribution is -2.35. The van der Waals surface area contributed by atoms with Crippen molar-refractivity contribution in [3.63, 3.8) is 0 Å². The fraction of sp³-hybridized carbons (Fsp3) is 0.333. The van der Waals surface area contributed by atoms with Crippen LogP contribution >= 0.6 is 0 Å². The Hall–Kier alpha value is -3.00. The standard InChI is InChI=1S/C18H20N4O4/c1-11-16(12(2)26-21-11)18(24)22(8-9-25-3)10-15-19-14-7-5-4-6-13(14)17(23)20-15/h4-7H,8-10H2,1-3H3,(H,19,20,23). The fourth-order valence-electron chi connectivity index (χ4n) is 2.79. The van der Waals surface area contributed by atoms with E-state index in [2.05, 4.69) is 15.1 Å². The van der Waals surface area contributed by atoms with E-state index in [1.807, 2.05) is 6.07 Å². The molecule has 2 aromatic heterocycles. The molecule has 136 valence electrons. The highest BCUT2D eigenvalue weighted by Crippen LogP contribution is 2.16.